The molecule has 0 N–H and O–H groups in total. The summed E-state index contributed by atoms with van der Waals surface area (Å²) in [6.07, 6.45) is 1.54. The van der Waals surface area contributed by atoms with Crippen molar-refractivity contribution in [2.24, 2.45) is 0 Å². The lowest BCUT2D eigenvalue weighted by molar-refractivity contribution is -0.384. The Bertz CT molecular complexity index is 913. The van der Waals surface area contributed by atoms with E-state index in [1.165, 1.54) is 28.8 Å². The van der Waals surface area contributed by atoms with Crippen LogP contribution in [0.3, 0.4) is 0 Å². The van der Waals surface area contributed by atoms with E-state index >= 15 is 0 Å². The van der Waals surface area contributed by atoms with Crippen molar-refractivity contribution in [3.63, 3.8) is 0 Å². The summed E-state index contributed by atoms with van der Waals surface area (Å²) < 4.78 is 14.7. The molecule has 0 atom stereocenters. The van der Waals surface area contributed by atoms with E-state index in [-0.39, 0.29) is 11.4 Å². The lowest BCUT2D eigenvalue weighted by Gasteiger charge is -2.02. The Kier molecular flexibility index (Phi) is 2.80. The lowest BCUT2D eigenvalue weighted by Crippen LogP contribution is -1.96. The molecule has 1 aromatic carbocycles. The van der Waals surface area contributed by atoms with Gasteiger partial charge >= 0.3 is 0 Å². The molecule has 0 spiro atoms. The van der Waals surface area contributed by atoms with Crippen LogP contribution >= 0.6 is 0 Å². The number of nitriles is 1. The van der Waals surface area contributed by atoms with Crippen LogP contribution in [0.5, 0.6) is 0 Å². The molecule has 7 nitrogen and oxygen atoms in total. The van der Waals surface area contributed by atoms with Gasteiger partial charge in [0.15, 0.2) is 11.5 Å². The molecule has 0 aliphatic rings. The minimum Gasteiger partial charge on any atom is -0.282 e. The minimum atomic E-state index is -0.703. The number of fused-ring (bicyclic) bond motifs is 1. The maximum Gasteiger partial charge on any atom is 0.283 e. The Morgan fingerprint density at radius 1 is 1.29 bits per heavy atom. The van der Waals surface area contributed by atoms with E-state index in [2.05, 4.69) is 10.2 Å². The van der Waals surface area contributed by atoms with Gasteiger partial charge in [-0.2, -0.15) is 5.26 Å². The number of halogens is 1. The van der Waals surface area contributed by atoms with Crippen LogP contribution in [0.4, 0.5) is 10.1 Å². The first-order chi connectivity index (χ1) is 10.1. The molecule has 3 rings (SSSR count). The number of nitro groups is 1. The molecule has 0 saturated heterocycles. The van der Waals surface area contributed by atoms with E-state index < -0.39 is 16.4 Å². The molecule has 0 aliphatic heterocycles. The average Bonchev–Trinajstić information content (AvgIpc) is 2.89. The number of hydrogen-bond donors (Lipinski definition) is 0. The first-order valence-electron chi connectivity index (χ1n) is 5.79. The predicted molar refractivity (Wildman–Crippen MR) is 69.8 cm³/mol. The molecule has 21 heavy (non-hydrogen) atoms. The third-order valence-electron chi connectivity index (χ3n) is 2.94. The zero-order chi connectivity index (χ0) is 15.0. The van der Waals surface area contributed by atoms with E-state index in [0.29, 0.717) is 11.2 Å². The Labute approximate surface area is 117 Å². The minimum absolute atomic E-state index is 0.151. The summed E-state index contributed by atoms with van der Waals surface area (Å²) in [5, 5.41) is 27.6. The smallest absolute Gasteiger partial charge is 0.282 e. The number of nitro benzene ring substituents is 1. The quantitative estimate of drug-likeness (QED) is 0.531. The van der Waals surface area contributed by atoms with Crippen molar-refractivity contribution in [2.45, 2.75) is 0 Å². The van der Waals surface area contributed by atoms with E-state index in [1.807, 2.05) is 6.07 Å². The summed E-state index contributed by atoms with van der Waals surface area (Å²) in [6.45, 7) is 0. The highest BCUT2D eigenvalue weighted by Crippen LogP contribution is 2.29. The second kappa shape index (κ2) is 4.64. The van der Waals surface area contributed by atoms with Crippen molar-refractivity contribution in [1.82, 2.24) is 14.6 Å². The van der Waals surface area contributed by atoms with Gasteiger partial charge in [0.05, 0.1) is 28.2 Å². The highest BCUT2D eigenvalue weighted by molar-refractivity contribution is 5.70. The molecule has 0 bridgehead atoms. The van der Waals surface area contributed by atoms with Crippen molar-refractivity contribution in [1.29, 1.82) is 5.26 Å². The van der Waals surface area contributed by atoms with Crippen molar-refractivity contribution >= 4 is 11.3 Å². The summed E-state index contributed by atoms with van der Waals surface area (Å²) in [7, 11) is 0. The zero-order valence-corrected chi connectivity index (χ0v) is 10.4. The normalized spacial score (nSPS) is 10.5. The molecule has 8 heteroatoms. The van der Waals surface area contributed by atoms with E-state index in [9.17, 15) is 14.5 Å². The van der Waals surface area contributed by atoms with Gasteiger partial charge in [-0.3, -0.25) is 14.5 Å². The SMILES string of the molecule is N#Cc1ccn2c(-c3ccc(F)cc3[N+](=O)[O-])nnc2c1. The Morgan fingerprint density at radius 3 is 2.81 bits per heavy atom. The molecular formula is C13H6FN5O2. The van der Waals surface area contributed by atoms with Gasteiger partial charge in [0.25, 0.3) is 5.69 Å². The first-order valence-corrected chi connectivity index (χ1v) is 5.79. The largest absolute Gasteiger partial charge is 0.283 e. The molecule has 0 amide bonds. The van der Waals surface area contributed by atoms with E-state index in [4.69, 9.17) is 5.26 Å². The van der Waals surface area contributed by atoms with Gasteiger partial charge in [0, 0.05) is 12.3 Å². The summed E-state index contributed by atoms with van der Waals surface area (Å²) in [6, 6.07) is 8.24. The van der Waals surface area contributed by atoms with Gasteiger partial charge in [0.1, 0.15) is 5.82 Å². The summed E-state index contributed by atoms with van der Waals surface area (Å²) in [5.41, 5.74) is 0.532. The second-order valence-electron chi connectivity index (χ2n) is 4.20. The van der Waals surface area contributed by atoms with Crippen molar-refractivity contribution in [3.05, 3.63) is 58.0 Å². The molecule has 3 aromatic rings. The van der Waals surface area contributed by atoms with Gasteiger partial charge < -0.3 is 0 Å². The molecule has 2 heterocycles. The highest BCUT2D eigenvalue weighted by Gasteiger charge is 2.20. The number of aromatic nitrogens is 3. The summed E-state index contributed by atoms with van der Waals surface area (Å²) >= 11 is 0. The van der Waals surface area contributed by atoms with Crippen molar-refractivity contribution < 1.29 is 9.31 Å². The Balaban J connectivity index is 2.27. The zero-order valence-electron chi connectivity index (χ0n) is 10.4. The van der Waals surface area contributed by atoms with Crippen LogP contribution in [0.25, 0.3) is 17.0 Å². The molecule has 0 aliphatic carbocycles. The van der Waals surface area contributed by atoms with Crippen molar-refractivity contribution in [2.75, 3.05) is 0 Å². The molecule has 102 valence electrons. The average molecular weight is 283 g/mol. The molecule has 0 radical (unpaired) electrons. The molecular weight excluding hydrogens is 277 g/mol. The Morgan fingerprint density at radius 2 is 2.10 bits per heavy atom. The standard InChI is InChI=1S/C13H6FN5O2/c14-9-1-2-10(11(6-9)19(20)21)13-17-16-12-5-8(7-15)3-4-18(12)13/h1-6H. The van der Waals surface area contributed by atoms with Crippen LogP contribution in [-0.4, -0.2) is 19.5 Å². The third kappa shape index (κ3) is 2.06. The van der Waals surface area contributed by atoms with Crippen LogP contribution in [0.2, 0.25) is 0 Å². The summed E-state index contributed by atoms with van der Waals surface area (Å²) in [5.74, 6) is -0.493. The lowest BCUT2D eigenvalue weighted by atomic mass is 10.1. The number of hydrogen-bond acceptors (Lipinski definition) is 5. The van der Waals surface area contributed by atoms with Crippen molar-refractivity contribution in [3.8, 4) is 17.5 Å². The fourth-order valence-electron chi connectivity index (χ4n) is 1.99. The summed E-state index contributed by atoms with van der Waals surface area (Å²) in [4.78, 5) is 10.4. The van der Waals surface area contributed by atoms with E-state index in [0.717, 1.165) is 12.1 Å². The molecule has 0 fully saturated rings. The van der Waals surface area contributed by atoms with Crippen LogP contribution in [-0.2, 0) is 0 Å². The fourth-order valence-corrected chi connectivity index (χ4v) is 1.99. The van der Waals surface area contributed by atoms with Gasteiger partial charge in [0.2, 0.25) is 0 Å². The topological polar surface area (TPSA) is 97.1 Å². The first kappa shape index (κ1) is 12.7. The number of pyridine rings is 1. The van der Waals surface area contributed by atoms with Crippen LogP contribution in [0, 0.1) is 27.3 Å². The monoisotopic (exact) mass is 283 g/mol. The second-order valence-corrected chi connectivity index (χ2v) is 4.20. The molecule has 2 aromatic heterocycles. The third-order valence-corrected chi connectivity index (χ3v) is 2.94. The molecule has 0 saturated carbocycles. The van der Waals surface area contributed by atoms with Gasteiger partial charge in [-0.05, 0) is 18.2 Å². The van der Waals surface area contributed by atoms with Gasteiger partial charge in [-0.1, -0.05) is 0 Å². The maximum atomic E-state index is 13.2. The van der Waals surface area contributed by atoms with Crippen LogP contribution in [0.1, 0.15) is 5.56 Å². The number of rotatable bonds is 2. The van der Waals surface area contributed by atoms with Gasteiger partial charge in [-0.25, -0.2) is 4.39 Å². The van der Waals surface area contributed by atoms with Gasteiger partial charge in [-0.15, -0.1) is 10.2 Å². The van der Waals surface area contributed by atoms with Crippen LogP contribution < -0.4 is 0 Å². The molecule has 0 unspecified atom stereocenters. The fraction of sp³-hybridized carbons (Fsp3) is 0. The van der Waals surface area contributed by atoms with E-state index in [1.54, 1.807) is 0 Å². The number of nitrogens with zero attached hydrogens (tertiary/aromatic N) is 5. The highest BCUT2D eigenvalue weighted by atomic mass is 19.1. The maximum absolute atomic E-state index is 13.2. The Hall–Kier alpha value is -3.34. The number of benzene rings is 1. The predicted octanol–water partition coefficient (Wildman–Crippen LogP) is 2.32. The van der Waals surface area contributed by atoms with Crippen LogP contribution in [0.15, 0.2) is 36.5 Å².